The maximum Gasteiger partial charge on any atom is 0.260 e. The van der Waals surface area contributed by atoms with Gasteiger partial charge in [-0.05, 0) is 37.1 Å². The Balaban J connectivity index is 2.00. The predicted octanol–water partition coefficient (Wildman–Crippen LogP) is 1.54. The lowest BCUT2D eigenvalue weighted by atomic mass is 10.0. The fraction of sp³-hybridized carbons (Fsp3) is 0.400. The highest BCUT2D eigenvalue weighted by Gasteiger charge is 2.41. The van der Waals surface area contributed by atoms with E-state index in [0.717, 1.165) is 0 Å². The van der Waals surface area contributed by atoms with Gasteiger partial charge in [0.15, 0.2) is 5.03 Å². The minimum absolute atomic E-state index is 0.0132. The molecule has 0 saturated carbocycles. The van der Waals surface area contributed by atoms with Gasteiger partial charge in [-0.15, -0.1) is 0 Å². The van der Waals surface area contributed by atoms with Gasteiger partial charge in [0.1, 0.15) is 5.82 Å². The molecule has 0 unspecified atom stereocenters. The number of aromatic nitrogens is 2. The zero-order chi connectivity index (χ0) is 16.6. The van der Waals surface area contributed by atoms with Crippen LogP contribution >= 0.6 is 0 Å². The highest BCUT2D eigenvalue weighted by molar-refractivity contribution is 7.89. The Morgan fingerprint density at radius 3 is 2.65 bits per heavy atom. The molecule has 1 aromatic carbocycles. The van der Waals surface area contributed by atoms with E-state index in [1.165, 1.54) is 33.4 Å². The molecule has 23 heavy (non-hydrogen) atoms. The molecule has 1 N–H and O–H groups in total. The number of aryl methyl sites for hydroxylation is 1. The van der Waals surface area contributed by atoms with Crippen molar-refractivity contribution in [2.45, 2.75) is 37.1 Å². The molecular weight excluding hydrogens is 321 g/mol. The van der Waals surface area contributed by atoms with E-state index in [-0.39, 0.29) is 23.8 Å². The number of sulfonamides is 1. The van der Waals surface area contributed by atoms with E-state index >= 15 is 0 Å². The summed E-state index contributed by atoms with van der Waals surface area (Å²) in [5.74, 6) is -0.384. The van der Waals surface area contributed by atoms with Gasteiger partial charge in [0.25, 0.3) is 10.0 Å². The molecular formula is C15H18FN3O3S. The second-order valence-corrected chi connectivity index (χ2v) is 7.35. The smallest absolute Gasteiger partial charge is 0.260 e. The van der Waals surface area contributed by atoms with Crippen LogP contribution in [0, 0.1) is 5.82 Å². The van der Waals surface area contributed by atoms with Gasteiger partial charge in [0.2, 0.25) is 0 Å². The van der Waals surface area contributed by atoms with Crippen molar-refractivity contribution in [2.24, 2.45) is 0 Å². The van der Waals surface area contributed by atoms with E-state index in [9.17, 15) is 17.9 Å². The normalized spacial score (nSPS) is 22.6. The summed E-state index contributed by atoms with van der Waals surface area (Å²) < 4.78 is 41.7. The SMILES string of the molecule is CCn1nccc1S(=O)(=O)N1C[C@H](O)C[C@H]1c1ccc(F)cc1. The van der Waals surface area contributed by atoms with Crippen LogP contribution in [0.3, 0.4) is 0 Å². The maximum atomic E-state index is 13.1. The van der Waals surface area contributed by atoms with Crippen LogP contribution in [0.15, 0.2) is 41.6 Å². The Morgan fingerprint density at radius 1 is 1.30 bits per heavy atom. The van der Waals surface area contributed by atoms with Crippen LogP contribution in [0.25, 0.3) is 0 Å². The molecule has 0 spiro atoms. The minimum atomic E-state index is -3.80. The zero-order valence-corrected chi connectivity index (χ0v) is 13.4. The van der Waals surface area contributed by atoms with Crippen molar-refractivity contribution < 1.29 is 17.9 Å². The lowest BCUT2D eigenvalue weighted by Crippen LogP contribution is -2.33. The Morgan fingerprint density at radius 2 is 2.00 bits per heavy atom. The summed E-state index contributed by atoms with van der Waals surface area (Å²) in [6.45, 7) is 2.25. The van der Waals surface area contributed by atoms with Crippen molar-refractivity contribution in [3.05, 3.63) is 47.9 Å². The third kappa shape index (κ3) is 2.89. The summed E-state index contributed by atoms with van der Waals surface area (Å²) in [7, 11) is -3.80. The number of aliphatic hydroxyl groups excluding tert-OH is 1. The molecule has 2 heterocycles. The average Bonchev–Trinajstić information content (AvgIpc) is 3.14. The summed E-state index contributed by atoms with van der Waals surface area (Å²) >= 11 is 0. The van der Waals surface area contributed by atoms with Crippen LogP contribution in [-0.4, -0.2) is 40.3 Å². The topological polar surface area (TPSA) is 75.4 Å². The second kappa shape index (κ2) is 6.03. The van der Waals surface area contributed by atoms with Crippen molar-refractivity contribution in [1.82, 2.24) is 14.1 Å². The molecule has 0 aliphatic carbocycles. The lowest BCUT2D eigenvalue weighted by Gasteiger charge is -2.24. The van der Waals surface area contributed by atoms with Crippen LogP contribution in [-0.2, 0) is 16.6 Å². The molecule has 124 valence electrons. The van der Waals surface area contributed by atoms with Crippen molar-refractivity contribution in [1.29, 1.82) is 0 Å². The molecule has 1 fully saturated rings. The van der Waals surface area contributed by atoms with E-state index in [1.54, 1.807) is 12.1 Å². The summed E-state index contributed by atoms with van der Waals surface area (Å²) in [4.78, 5) is 0. The van der Waals surface area contributed by atoms with Gasteiger partial charge in [-0.3, -0.25) is 4.68 Å². The number of halogens is 1. The van der Waals surface area contributed by atoms with Crippen LogP contribution in [0.5, 0.6) is 0 Å². The first-order valence-electron chi connectivity index (χ1n) is 7.40. The lowest BCUT2D eigenvalue weighted by molar-refractivity contribution is 0.188. The minimum Gasteiger partial charge on any atom is -0.392 e. The summed E-state index contributed by atoms with van der Waals surface area (Å²) in [6.07, 6.45) is 0.971. The highest BCUT2D eigenvalue weighted by atomic mass is 32.2. The predicted molar refractivity (Wildman–Crippen MR) is 81.6 cm³/mol. The molecule has 8 heteroatoms. The van der Waals surface area contributed by atoms with E-state index in [4.69, 9.17) is 0 Å². The van der Waals surface area contributed by atoms with Crippen LogP contribution in [0.1, 0.15) is 24.9 Å². The van der Waals surface area contributed by atoms with E-state index < -0.39 is 22.2 Å². The van der Waals surface area contributed by atoms with Gasteiger partial charge >= 0.3 is 0 Å². The largest absolute Gasteiger partial charge is 0.392 e. The van der Waals surface area contributed by atoms with Gasteiger partial charge in [0, 0.05) is 13.1 Å². The molecule has 3 rings (SSSR count). The van der Waals surface area contributed by atoms with Gasteiger partial charge < -0.3 is 5.11 Å². The van der Waals surface area contributed by atoms with Crippen LogP contribution in [0.2, 0.25) is 0 Å². The Labute approximate surface area is 134 Å². The first-order valence-corrected chi connectivity index (χ1v) is 8.84. The first-order chi connectivity index (χ1) is 10.9. The van der Waals surface area contributed by atoms with Gasteiger partial charge in [-0.25, -0.2) is 12.8 Å². The molecule has 1 aliphatic heterocycles. The number of rotatable bonds is 4. The van der Waals surface area contributed by atoms with E-state index in [0.29, 0.717) is 12.1 Å². The summed E-state index contributed by atoms with van der Waals surface area (Å²) in [5, 5.41) is 14.1. The van der Waals surface area contributed by atoms with Crippen molar-refractivity contribution in [3.63, 3.8) is 0 Å². The Kier molecular flexibility index (Phi) is 4.22. The summed E-state index contributed by atoms with van der Waals surface area (Å²) in [6, 6.07) is 6.62. The number of nitrogens with zero attached hydrogens (tertiary/aromatic N) is 3. The number of aliphatic hydroxyl groups is 1. The molecule has 0 amide bonds. The fourth-order valence-electron chi connectivity index (χ4n) is 2.93. The first kappa shape index (κ1) is 16.1. The molecule has 1 aliphatic rings. The number of hydrogen-bond donors (Lipinski definition) is 1. The fourth-order valence-corrected chi connectivity index (χ4v) is 4.76. The van der Waals surface area contributed by atoms with Crippen LogP contribution in [0.4, 0.5) is 4.39 Å². The van der Waals surface area contributed by atoms with Crippen molar-refractivity contribution in [2.75, 3.05) is 6.54 Å². The highest BCUT2D eigenvalue weighted by Crippen LogP contribution is 2.36. The molecule has 1 saturated heterocycles. The number of benzene rings is 1. The monoisotopic (exact) mass is 339 g/mol. The molecule has 0 radical (unpaired) electrons. The molecule has 2 atom stereocenters. The third-order valence-corrected chi connectivity index (χ3v) is 5.93. The second-order valence-electron chi connectivity index (χ2n) is 5.52. The number of β-amino-alcohol motifs (C(OH)–C–C–N with tert-alkyl or cyclic N) is 1. The van der Waals surface area contributed by atoms with E-state index in [2.05, 4.69) is 5.10 Å². The van der Waals surface area contributed by atoms with Crippen molar-refractivity contribution >= 4 is 10.0 Å². The molecule has 0 bridgehead atoms. The van der Waals surface area contributed by atoms with Gasteiger partial charge in [-0.1, -0.05) is 12.1 Å². The molecule has 6 nitrogen and oxygen atoms in total. The maximum absolute atomic E-state index is 13.1. The van der Waals surface area contributed by atoms with Gasteiger partial charge in [0.05, 0.1) is 18.3 Å². The number of hydrogen-bond acceptors (Lipinski definition) is 4. The van der Waals surface area contributed by atoms with Crippen molar-refractivity contribution in [3.8, 4) is 0 Å². The zero-order valence-electron chi connectivity index (χ0n) is 12.6. The Hall–Kier alpha value is -1.77. The van der Waals surface area contributed by atoms with Crippen LogP contribution < -0.4 is 0 Å². The molecule has 2 aromatic rings. The Bertz CT molecular complexity index is 789. The molecule has 1 aromatic heterocycles. The summed E-state index contributed by atoms with van der Waals surface area (Å²) in [5.41, 5.74) is 0.661. The van der Waals surface area contributed by atoms with E-state index in [1.807, 2.05) is 6.92 Å². The quantitative estimate of drug-likeness (QED) is 0.917. The average molecular weight is 339 g/mol. The third-order valence-electron chi connectivity index (χ3n) is 4.04. The van der Waals surface area contributed by atoms with Gasteiger partial charge in [-0.2, -0.15) is 9.40 Å². The standard InChI is InChI=1S/C15H18FN3O3S/c1-2-18-15(7-8-17-18)23(21,22)19-10-13(20)9-14(19)11-3-5-12(16)6-4-11/h3-8,13-14,20H,2,9-10H2,1H3/t13-,14+/m1/s1.